The Kier molecular flexibility index (Phi) is 7.50. The minimum absolute atomic E-state index is 0.208. The van der Waals surface area contributed by atoms with Crippen LogP contribution < -0.4 is 10.6 Å². The predicted octanol–water partition coefficient (Wildman–Crippen LogP) is 1.66. The van der Waals surface area contributed by atoms with Gasteiger partial charge < -0.3 is 20.6 Å². The lowest BCUT2D eigenvalue weighted by Gasteiger charge is -2.35. The number of hydrogen-bond acceptors (Lipinski definition) is 3. The molecule has 0 radical (unpaired) electrons. The lowest BCUT2D eigenvalue weighted by Crippen LogP contribution is -2.54. The predicted molar refractivity (Wildman–Crippen MR) is 82.3 cm³/mol. The smallest absolute Gasteiger partial charge is 0.326 e. The second-order valence-electron chi connectivity index (χ2n) is 6.14. The molecule has 6 nitrogen and oxygen atoms in total. The fraction of sp³-hybridized carbons (Fsp3) is 0.867. The van der Waals surface area contributed by atoms with Crippen molar-refractivity contribution >= 4 is 12.0 Å². The van der Waals surface area contributed by atoms with Gasteiger partial charge in [0.15, 0.2) is 0 Å². The van der Waals surface area contributed by atoms with E-state index in [0.29, 0.717) is 13.0 Å². The first-order valence-electron chi connectivity index (χ1n) is 7.96. The van der Waals surface area contributed by atoms with Crippen LogP contribution in [0.3, 0.4) is 0 Å². The lowest BCUT2D eigenvalue weighted by atomic mass is 10.0. The Morgan fingerprint density at radius 3 is 2.43 bits per heavy atom. The number of nitrogens with zero attached hydrogens (tertiary/aromatic N) is 1. The number of carbonyl (C=O) groups is 2. The highest BCUT2D eigenvalue weighted by molar-refractivity contribution is 5.82. The minimum atomic E-state index is -0.959. The molecule has 3 N–H and O–H groups in total. The molecule has 0 aromatic carbocycles. The number of rotatable bonds is 7. The van der Waals surface area contributed by atoms with Gasteiger partial charge in [0.1, 0.15) is 6.04 Å². The Hall–Kier alpha value is -1.30. The fourth-order valence-corrected chi connectivity index (χ4v) is 2.73. The van der Waals surface area contributed by atoms with E-state index in [2.05, 4.69) is 10.6 Å². The molecule has 0 aromatic rings. The molecule has 0 saturated carbocycles. The van der Waals surface area contributed by atoms with Gasteiger partial charge >= 0.3 is 12.0 Å². The van der Waals surface area contributed by atoms with Crippen LogP contribution in [0.1, 0.15) is 46.5 Å². The molecule has 0 bridgehead atoms. The van der Waals surface area contributed by atoms with E-state index in [0.717, 1.165) is 32.4 Å². The topological polar surface area (TPSA) is 81.7 Å². The van der Waals surface area contributed by atoms with Crippen LogP contribution in [0.2, 0.25) is 0 Å². The van der Waals surface area contributed by atoms with Crippen molar-refractivity contribution in [1.29, 1.82) is 0 Å². The zero-order valence-corrected chi connectivity index (χ0v) is 13.4. The molecule has 1 atom stereocenters. The number of nitrogens with one attached hydrogen (secondary N) is 2. The van der Waals surface area contributed by atoms with Crippen LogP contribution in [-0.2, 0) is 4.79 Å². The van der Waals surface area contributed by atoms with Gasteiger partial charge in [0.05, 0.1) is 0 Å². The molecular weight excluding hydrogens is 270 g/mol. The largest absolute Gasteiger partial charge is 0.480 e. The number of aliphatic carboxylic acids is 1. The van der Waals surface area contributed by atoms with Gasteiger partial charge in [-0.2, -0.15) is 0 Å². The van der Waals surface area contributed by atoms with Crippen molar-refractivity contribution < 1.29 is 14.7 Å². The van der Waals surface area contributed by atoms with Gasteiger partial charge in [-0.3, -0.25) is 0 Å². The van der Waals surface area contributed by atoms with Crippen LogP contribution in [0, 0.1) is 5.92 Å². The summed E-state index contributed by atoms with van der Waals surface area (Å²) in [7, 11) is 0. The first-order chi connectivity index (χ1) is 9.95. The molecule has 1 saturated heterocycles. The molecule has 6 heteroatoms. The van der Waals surface area contributed by atoms with Gasteiger partial charge in [-0.05, 0) is 44.7 Å². The van der Waals surface area contributed by atoms with E-state index in [1.165, 1.54) is 0 Å². The second-order valence-corrected chi connectivity index (χ2v) is 6.14. The summed E-state index contributed by atoms with van der Waals surface area (Å²) >= 11 is 0. The van der Waals surface area contributed by atoms with E-state index >= 15 is 0 Å². The molecular formula is C15H29N3O3. The maximum atomic E-state index is 12.5. The third-order valence-corrected chi connectivity index (χ3v) is 3.78. The van der Waals surface area contributed by atoms with Gasteiger partial charge in [-0.25, -0.2) is 9.59 Å². The Balaban J connectivity index is 2.67. The van der Waals surface area contributed by atoms with Gasteiger partial charge in [0.25, 0.3) is 0 Å². The molecule has 1 aliphatic heterocycles. The molecule has 1 fully saturated rings. The molecule has 1 aliphatic rings. The quantitative estimate of drug-likeness (QED) is 0.668. The number of carboxylic acid groups (broad SMARTS) is 1. The van der Waals surface area contributed by atoms with Crippen molar-refractivity contribution in [1.82, 2.24) is 15.5 Å². The molecule has 2 amide bonds. The van der Waals surface area contributed by atoms with Crippen LogP contribution in [0.15, 0.2) is 0 Å². The van der Waals surface area contributed by atoms with Crippen LogP contribution in [0.5, 0.6) is 0 Å². The fourth-order valence-electron chi connectivity index (χ4n) is 2.73. The normalized spacial score (nSPS) is 17.5. The van der Waals surface area contributed by atoms with E-state index in [1.54, 1.807) is 0 Å². The summed E-state index contributed by atoms with van der Waals surface area (Å²) in [5.74, 6) is -0.733. The van der Waals surface area contributed by atoms with E-state index in [1.807, 2.05) is 25.7 Å². The van der Waals surface area contributed by atoms with Crippen molar-refractivity contribution in [3.8, 4) is 0 Å². The lowest BCUT2D eigenvalue weighted by molar-refractivity contribution is -0.139. The van der Waals surface area contributed by atoms with Crippen LogP contribution in [-0.4, -0.2) is 53.7 Å². The number of carboxylic acids is 1. The monoisotopic (exact) mass is 299 g/mol. The first kappa shape index (κ1) is 17.8. The summed E-state index contributed by atoms with van der Waals surface area (Å²) < 4.78 is 0. The standard InChI is InChI=1S/C15H29N3O3/c1-4-9-18(12-5-7-16-8-6-12)15(21)17-13(14(19)20)10-11(2)3/h11-13,16H,4-10H2,1-3H3,(H,17,21)(H,19,20). The number of amides is 2. The third-order valence-electron chi connectivity index (χ3n) is 3.78. The summed E-state index contributed by atoms with van der Waals surface area (Å²) in [5.41, 5.74) is 0. The highest BCUT2D eigenvalue weighted by atomic mass is 16.4. The molecule has 1 heterocycles. The Morgan fingerprint density at radius 2 is 1.95 bits per heavy atom. The van der Waals surface area contributed by atoms with Gasteiger partial charge in [-0.1, -0.05) is 20.8 Å². The Labute approximate surface area is 127 Å². The molecule has 1 rings (SSSR count). The minimum Gasteiger partial charge on any atom is -0.480 e. The molecule has 122 valence electrons. The van der Waals surface area contributed by atoms with Gasteiger partial charge in [0, 0.05) is 12.6 Å². The van der Waals surface area contributed by atoms with Crippen molar-refractivity contribution in [3.05, 3.63) is 0 Å². The summed E-state index contributed by atoms with van der Waals surface area (Å²) in [6, 6.07) is -0.838. The summed E-state index contributed by atoms with van der Waals surface area (Å²) in [5, 5.41) is 15.2. The Bertz CT molecular complexity index is 341. The van der Waals surface area contributed by atoms with Crippen molar-refractivity contribution in [3.63, 3.8) is 0 Å². The zero-order chi connectivity index (χ0) is 15.8. The number of carbonyl (C=O) groups excluding carboxylic acids is 1. The summed E-state index contributed by atoms with van der Waals surface area (Å²) in [6.45, 7) is 8.44. The SMILES string of the molecule is CCCN(C(=O)NC(CC(C)C)C(=O)O)C1CCNCC1. The van der Waals surface area contributed by atoms with Gasteiger partial charge in [0.2, 0.25) is 0 Å². The number of hydrogen-bond donors (Lipinski definition) is 3. The maximum Gasteiger partial charge on any atom is 0.326 e. The van der Waals surface area contributed by atoms with Crippen molar-refractivity contribution in [2.45, 2.75) is 58.5 Å². The Morgan fingerprint density at radius 1 is 1.33 bits per heavy atom. The van der Waals surface area contributed by atoms with E-state index in [4.69, 9.17) is 0 Å². The van der Waals surface area contributed by atoms with Crippen LogP contribution >= 0.6 is 0 Å². The molecule has 21 heavy (non-hydrogen) atoms. The summed E-state index contributed by atoms with van der Waals surface area (Å²) in [6.07, 6.45) is 3.18. The molecule has 1 unspecified atom stereocenters. The summed E-state index contributed by atoms with van der Waals surface area (Å²) in [4.78, 5) is 25.6. The van der Waals surface area contributed by atoms with E-state index in [9.17, 15) is 14.7 Å². The van der Waals surface area contributed by atoms with Crippen LogP contribution in [0.25, 0.3) is 0 Å². The van der Waals surface area contributed by atoms with Gasteiger partial charge in [-0.15, -0.1) is 0 Å². The first-order valence-corrected chi connectivity index (χ1v) is 7.96. The third kappa shape index (κ3) is 5.91. The highest BCUT2D eigenvalue weighted by Gasteiger charge is 2.28. The van der Waals surface area contributed by atoms with E-state index < -0.39 is 12.0 Å². The van der Waals surface area contributed by atoms with E-state index in [-0.39, 0.29) is 18.0 Å². The zero-order valence-electron chi connectivity index (χ0n) is 13.4. The second kappa shape index (κ2) is 8.87. The highest BCUT2D eigenvalue weighted by Crippen LogP contribution is 2.14. The maximum absolute atomic E-state index is 12.5. The number of urea groups is 1. The van der Waals surface area contributed by atoms with Crippen molar-refractivity contribution in [2.75, 3.05) is 19.6 Å². The van der Waals surface area contributed by atoms with Crippen LogP contribution in [0.4, 0.5) is 4.79 Å². The molecule has 0 spiro atoms. The van der Waals surface area contributed by atoms with Crippen molar-refractivity contribution in [2.24, 2.45) is 5.92 Å². The molecule has 0 aliphatic carbocycles. The number of piperidine rings is 1. The molecule has 0 aromatic heterocycles. The average Bonchev–Trinajstić information content (AvgIpc) is 2.44. The average molecular weight is 299 g/mol.